The van der Waals surface area contributed by atoms with E-state index in [1.165, 1.54) is 18.3 Å². The van der Waals surface area contributed by atoms with Crippen molar-refractivity contribution in [3.8, 4) is 22.8 Å². The molecule has 4 rings (SSSR count). The molecule has 3 N–H and O–H groups in total. The van der Waals surface area contributed by atoms with Crippen molar-refractivity contribution in [1.29, 1.82) is 0 Å². The Hall–Kier alpha value is -4.06. The molecule has 9 nitrogen and oxygen atoms in total. The van der Waals surface area contributed by atoms with Crippen LogP contribution in [0.2, 0.25) is 0 Å². The Morgan fingerprint density at radius 2 is 1.90 bits per heavy atom. The van der Waals surface area contributed by atoms with Crippen molar-refractivity contribution in [1.82, 2.24) is 19.5 Å². The SMILES string of the molecule is CC(C)c1nccc(SCC(=O)OC(C)(C)C)c1-n1c(=O)nc(O)c2cc(F)c(-c3c(N)cccc3F)nc21. The van der Waals surface area contributed by atoms with Crippen LogP contribution in [-0.4, -0.2) is 41.9 Å². The van der Waals surface area contributed by atoms with Gasteiger partial charge in [0.05, 0.1) is 28.1 Å². The minimum absolute atomic E-state index is 0.0641. The molecule has 3 heterocycles. The lowest BCUT2D eigenvalue weighted by Gasteiger charge is -2.21. The number of hydrogen-bond acceptors (Lipinski definition) is 9. The van der Waals surface area contributed by atoms with Crippen LogP contribution in [0.15, 0.2) is 46.2 Å². The first-order valence-electron chi connectivity index (χ1n) is 12.0. The Labute approximate surface area is 227 Å². The molecule has 0 aliphatic heterocycles. The number of ether oxygens (including phenoxy) is 1. The number of rotatable bonds is 6. The van der Waals surface area contributed by atoms with Gasteiger partial charge in [-0.05, 0) is 51.0 Å². The predicted octanol–water partition coefficient (Wildman–Crippen LogP) is 4.97. The average molecular weight is 556 g/mol. The topological polar surface area (TPSA) is 133 Å². The quantitative estimate of drug-likeness (QED) is 0.192. The number of carbonyl (C=O) groups is 1. The van der Waals surface area contributed by atoms with E-state index in [0.29, 0.717) is 10.6 Å². The highest BCUT2D eigenvalue weighted by Crippen LogP contribution is 2.36. The van der Waals surface area contributed by atoms with Gasteiger partial charge in [0.1, 0.15) is 17.1 Å². The van der Waals surface area contributed by atoms with Crippen molar-refractivity contribution in [3.05, 3.63) is 64.3 Å². The molecule has 4 aromatic rings. The summed E-state index contributed by atoms with van der Waals surface area (Å²) >= 11 is 1.11. The third-order valence-corrected chi connectivity index (χ3v) is 6.56. The summed E-state index contributed by atoms with van der Waals surface area (Å²) in [6.07, 6.45) is 1.54. The van der Waals surface area contributed by atoms with Crippen LogP contribution in [0.25, 0.3) is 28.0 Å². The highest BCUT2D eigenvalue weighted by molar-refractivity contribution is 8.00. The van der Waals surface area contributed by atoms with Crippen LogP contribution in [-0.2, 0) is 9.53 Å². The number of nitrogens with two attached hydrogens (primary N) is 1. The van der Waals surface area contributed by atoms with Gasteiger partial charge in [-0.15, -0.1) is 11.8 Å². The first-order chi connectivity index (χ1) is 18.3. The maximum absolute atomic E-state index is 15.2. The minimum atomic E-state index is -0.976. The van der Waals surface area contributed by atoms with Gasteiger partial charge in [0, 0.05) is 16.8 Å². The number of esters is 1. The number of pyridine rings is 2. The lowest BCUT2D eigenvalue weighted by Crippen LogP contribution is -2.26. The second-order valence-electron chi connectivity index (χ2n) is 10.0. The number of nitrogens with zero attached hydrogens (tertiary/aromatic N) is 4. The van der Waals surface area contributed by atoms with E-state index in [2.05, 4.69) is 15.0 Å². The molecule has 12 heteroatoms. The van der Waals surface area contributed by atoms with Crippen LogP contribution in [0.3, 0.4) is 0 Å². The van der Waals surface area contributed by atoms with Crippen molar-refractivity contribution in [2.45, 2.75) is 51.0 Å². The fraction of sp³-hybridized carbons (Fsp3) is 0.296. The number of aromatic hydroxyl groups is 1. The van der Waals surface area contributed by atoms with Crippen molar-refractivity contribution in [3.63, 3.8) is 0 Å². The molecule has 0 aliphatic carbocycles. The molecule has 39 heavy (non-hydrogen) atoms. The van der Waals surface area contributed by atoms with E-state index in [0.717, 1.165) is 28.5 Å². The zero-order valence-corrected chi connectivity index (χ0v) is 22.8. The largest absolute Gasteiger partial charge is 0.493 e. The molecule has 0 spiro atoms. The third-order valence-electron chi connectivity index (χ3n) is 5.54. The molecule has 0 saturated carbocycles. The van der Waals surface area contributed by atoms with Crippen LogP contribution in [0.4, 0.5) is 14.5 Å². The van der Waals surface area contributed by atoms with Crippen molar-refractivity contribution >= 4 is 34.5 Å². The smallest absolute Gasteiger partial charge is 0.357 e. The lowest BCUT2D eigenvalue weighted by atomic mass is 10.1. The van der Waals surface area contributed by atoms with Crippen LogP contribution in [0.5, 0.6) is 5.88 Å². The Morgan fingerprint density at radius 1 is 1.18 bits per heavy atom. The molecule has 0 atom stereocenters. The van der Waals surface area contributed by atoms with Crippen LogP contribution in [0.1, 0.15) is 46.2 Å². The highest BCUT2D eigenvalue weighted by atomic mass is 32.2. The number of halogens is 2. The molecule has 0 amide bonds. The molecule has 0 saturated heterocycles. The molecule has 3 aromatic heterocycles. The predicted molar refractivity (Wildman–Crippen MR) is 145 cm³/mol. The first kappa shape index (κ1) is 28.0. The summed E-state index contributed by atoms with van der Waals surface area (Å²) in [5.74, 6) is -3.30. The standard InChI is InChI=1S/C27H27F2N5O4S/c1-13(2)21-23(18(9-10-31-21)39-12-19(35)38-27(3,4)5)34-24-14(25(36)33-26(34)37)11-16(29)22(32-24)20-15(28)7-6-8-17(20)30/h6-11,13H,12,30H2,1-5H3,(H,33,36,37). The number of fused-ring (bicyclic) bond motifs is 1. The summed E-state index contributed by atoms with van der Waals surface area (Å²) in [5.41, 5.74) is 4.03. The molecule has 204 valence electrons. The number of nitrogen functional groups attached to an aromatic ring is 1. The minimum Gasteiger partial charge on any atom is -0.493 e. The molecular weight excluding hydrogens is 528 g/mol. The normalized spacial score (nSPS) is 11.8. The van der Waals surface area contributed by atoms with E-state index in [4.69, 9.17) is 10.5 Å². The number of hydrogen-bond donors (Lipinski definition) is 2. The zero-order chi connectivity index (χ0) is 28.6. The summed E-state index contributed by atoms with van der Waals surface area (Å²) < 4.78 is 36.5. The fourth-order valence-corrected chi connectivity index (χ4v) is 4.82. The van der Waals surface area contributed by atoms with Gasteiger partial charge in [-0.25, -0.2) is 23.1 Å². The van der Waals surface area contributed by atoms with Crippen molar-refractivity contribution in [2.24, 2.45) is 0 Å². The maximum atomic E-state index is 15.2. The van der Waals surface area contributed by atoms with Gasteiger partial charge < -0.3 is 15.6 Å². The number of carbonyl (C=O) groups excluding carboxylic acids is 1. The number of benzene rings is 1. The summed E-state index contributed by atoms with van der Waals surface area (Å²) in [6.45, 7) is 8.97. The molecular formula is C27H27F2N5O4S. The number of anilines is 1. The third kappa shape index (κ3) is 5.70. The number of thioether (sulfide) groups is 1. The highest BCUT2D eigenvalue weighted by Gasteiger charge is 2.25. The molecule has 0 bridgehead atoms. The first-order valence-corrected chi connectivity index (χ1v) is 13.0. The van der Waals surface area contributed by atoms with Crippen LogP contribution < -0.4 is 11.4 Å². The van der Waals surface area contributed by atoms with Gasteiger partial charge in [-0.2, -0.15) is 4.98 Å². The van der Waals surface area contributed by atoms with Crippen LogP contribution >= 0.6 is 11.8 Å². The second kappa shape index (κ2) is 10.6. The van der Waals surface area contributed by atoms with Gasteiger partial charge in [0.25, 0.3) is 0 Å². The van der Waals surface area contributed by atoms with E-state index in [-0.39, 0.29) is 39.6 Å². The van der Waals surface area contributed by atoms with Gasteiger partial charge in [-0.3, -0.25) is 9.78 Å². The molecule has 0 radical (unpaired) electrons. The molecule has 0 fully saturated rings. The Balaban J connectivity index is 2.01. The van der Waals surface area contributed by atoms with Crippen molar-refractivity contribution < 1.29 is 23.4 Å². The molecule has 0 aliphatic rings. The monoisotopic (exact) mass is 555 g/mol. The fourth-order valence-electron chi connectivity index (χ4n) is 4.00. The summed E-state index contributed by atoms with van der Waals surface area (Å²) in [6, 6.07) is 6.40. The molecule has 0 unspecified atom stereocenters. The zero-order valence-electron chi connectivity index (χ0n) is 22.0. The Morgan fingerprint density at radius 3 is 2.54 bits per heavy atom. The van der Waals surface area contributed by atoms with E-state index in [1.807, 2.05) is 13.8 Å². The summed E-state index contributed by atoms with van der Waals surface area (Å²) in [5, 5.41) is 10.3. The summed E-state index contributed by atoms with van der Waals surface area (Å²) in [7, 11) is 0. The van der Waals surface area contributed by atoms with Gasteiger partial charge in [0.2, 0.25) is 5.88 Å². The van der Waals surface area contributed by atoms with Gasteiger partial charge in [-0.1, -0.05) is 19.9 Å². The van der Waals surface area contributed by atoms with E-state index in [1.54, 1.807) is 26.8 Å². The molecule has 1 aromatic carbocycles. The van der Waals surface area contributed by atoms with E-state index >= 15 is 4.39 Å². The van der Waals surface area contributed by atoms with Crippen LogP contribution in [0, 0.1) is 11.6 Å². The van der Waals surface area contributed by atoms with Gasteiger partial charge in [0.15, 0.2) is 11.5 Å². The summed E-state index contributed by atoms with van der Waals surface area (Å²) in [4.78, 5) is 38.6. The van der Waals surface area contributed by atoms with E-state index in [9.17, 15) is 19.1 Å². The Bertz CT molecular complexity index is 1630. The Kier molecular flexibility index (Phi) is 7.60. The van der Waals surface area contributed by atoms with Gasteiger partial charge >= 0.3 is 11.7 Å². The van der Waals surface area contributed by atoms with E-state index < -0.39 is 40.5 Å². The lowest BCUT2D eigenvalue weighted by molar-refractivity contribution is -0.151. The second-order valence-corrected chi connectivity index (χ2v) is 11.0. The average Bonchev–Trinajstić information content (AvgIpc) is 2.82. The number of aromatic nitrogens is 4. The maximum Gasteiger partial charge on any atom is 0.357 e. The van der Waals surface area contributed by atoms with Crippen molar-refractivity contribution in [2.75, 3.05) is 11.5 Å².